The van der Waals surface area contributed by atoms with Crippen LogP contribution in [0.25, 0.3) is 0 Å². The van der Waals surface area contributed by atoms with Gasteiger partial charge in [-0.05, 0) is 25.5 Å². The molecule has 0 radical (unpaired) electrons. The first-order valence-corrected chi connectivity index (χ1v) is 5.61. The molecule has 4 heteroatoms. The minimum Gasteiger partial charge on any atom is -0.377 e. The van der Waals surface area contributed by atoms with Crippen molar-refractivity contribution >= 4 is 5.69 Å². The van der Waals surface area contributed by atoms with Crippen molar-refractivity contribution in [2.75, 3.05) is 25.1 Å². The number of hydrogen-bond donors (Lipinski definition) is 1. The van der Waals surface area contributed by atoms with Crippen molar-refractivity contribution in [1.82, 2.24) is 4.98 Å². The summed E-state index contributed by atoms with van der Waals surface area (Å²) >= 11 is 0. The van der Waals surface area contributed by atoms with Gasteiger partial charge in [0.05, 0.1) is 24.6 Å². The first-order valence-electron chi connectivity index (χ1n) is 5.61. The van der Waals surface area contributed by atoms with E-state index in [-0.39, 0.29) is 6.10 Å². The Morgan fingerprint density at radius 2 is 2.25 bits per heavy atom. The Hall–Kier alpha value is -1.13. The normalized spacial score (nSPS) is 10.8. The zero-order valence-electron chi connectivity index (χ0n) is 10.3. The maximum absolute atomic E-state index is 5.68. The second-order valence-electron chi connectivity index (χ2n) is 4.05. The summed E-state index contributed by atoms with van der Waals surface area (Å²) in [6.45, 7) is 6.17. The van der Waals surface area contributed by atoms with Gasteiger partial charge in [-0.2, -0.15) is 0 Å². The van der Waals surface area contributed by atoms with Gasteiger partial charge in [0.15, 0.2) is 0 Å². The molecule has 0 spiro atoms. The van der Waals surface area contributed by atoms with Gasteiger partial charge < -0.3 is 15.4 Å². The molecule has 0 fully saturated rings. The Labute approximate surface area is 97.4 Å². The zero-order valence-corrected chi connectivity index (χ0v) is 10.3. The van der Waals surface area contributed by atoms with Crippen molar-refractivity contribution in [3.63, 3.8) is 0 Å². The van der Waals surface area contributed by atoms with Crippen molar-refractivity contribution in [3.05, 3.63) is 24.0 Å². The number of anilines is 1. The lowest BCUT2D eigenvalue weighted by Gasteiger charge is -2.22. The molecule has 1 rings (SSSR count). The van der Waals surface area contributed by atoms with E-state index in [2.05, 4.69) is 9.88 Å². The number of aromatic nitrogens is 1. The highest BCUT2D eigenvalue weighted by molar-refractivity contribution is 5.50. The molecule has 90 valence electrons. The van der Waals surface area contributed by atoms with E-state index < -0.39 is 0 Å². The lowest BCUT2D eigenvalue weighted by atomic mass is 10.2. The number of nitrogens with two attached hydrogens (primary N) is 1. The first-order chi connectivity index (χ1) is 7.65. The van der Waals surface area contributed by atoms with Gasteiger partial charge in [0.25, 0.3) is 0 Å². The molecule has 0 amide bonds. The molecule has 16 heavy (non-hydrogen) atoms. The number of pyridine rings is 1. The predicted molar refractivity (Wildman–Crippen MR) is 66.5 cm³/mol. The van der Waals surface area contributed by atoms with Crippen LogP contribution in [0.2, 0.25) is 0 Å². The molecule has 0 saturated heterocycles. The molecule has 4 nitrogen and oxygen atoms in total. The van der Waals surface area contributed by atoms with Crippen LogP contribution in [0.5, 0.6) is 0 Å². The topological polar surface area (TPSA) is 51.4 Å². The molecule has 0 atom stereocenters. The first kappa shape index (κ1) is 12.9. The Morgan fingerprint density at radius 3 is 2.88 bits per heavy atom. The minimum atomic E-state index is 0.274. The van der Waals surface area contributed by atoms with Crippen molar-refractivity contribution in [3.8, 4) is 0 Å². The van der Waals surface area contributed by atoms with Gasteiger partial charge in [0.2, 0.25) is 0 Å². The third kappa shape index (κ3) is 3.79. The fourth-order valence-electron chi connectivity index (χ4n) is 1.48. The SMILES string of the molecule is CC(C)OCCN(C)c1cnccc1CN. The van der Waals surface area contributed by atoms with E-state index in [4.69, 9.17) is 10.5 Å². The zero-order chi connectivity index (χ0) is 12.0. The molecule has 0 unspecified atom stereocenters. The molecule has 0 aliphatic rings. The summed E-state index contributed by atoms with van der Waals surface area (Å²) in [7, 11) is 2.03. The highest BCUT2D eigenvalue weighted by atomic mass is 16.5. The van der Waals surface area contributed by atoms with Gasteiger partial charge in [-0.3, -0.25) is 4.98 Å². The fourth-order valence-corrected chi connectivity index (χ4v) is 1.48. The molecule has 0 aromatic carbocycles. The summed E-state index contributed by atoms with van der Waals surface area (Å²) in [6.07, 6.45) is 3.89. The third-order valence-corrected chi connectivity index (χ3v) is 2.40. The van der Waals surface area contributed by atoms with Crippen LogP contribution in [0.1, 0.15) is 19.4 Å². The number of ether oxygens (including phenoxy) is 1. The number of rotatable bonds is 6. The van der Waals surface area contributed by atoms with E-state index in [0.29, 0.717) is 13.2 Å². The number of likely N-dealkylation sites (N-methyl/N-ethyl adjacent to an activating group) is 1. The van der Waals surface area contributed by atoms with Crippen LogP contribution >= 0.6 is 0 Å². The molecule has 2 N–H and O–H groups in total. The van der Waals surface area contributed by atoms with Crippen LogP contribution in [0.3, 0.4) is 0 Å². The van der Waals surface area contributed by atoms with Gasteiger partial charge in [0.1, 0.15) is 0 Å². The van der Waals surface area contributed by atoms with E-state index in [1.54, 1.807) is 6.20 Å². The monoisotopic (exact) mass is 223 g/mol. The summed E-state index contributed by atoms with van der Waals surface area (Å²) in [5.74, 6) is 0. The van der Waals surface area contributed by atoms with Crippen molar-refractivity contribution in [2.45, 2.75) is 26.5 Å². The standard InChI is InChI=1S/C12H21N3O/c1-10(2)16-7-6-15(3)12-9-14-5-4-11(12)8-13/h4-5,9-10H,6-8,13H2,1-3H3. The van der Waals surface area contributed by atoms with E-state index in [9.17, 15) is 0 Å². The van der Waals surface area contributed by atoms with Crippen molar-refractivity contribution in [1.29, 1.82) is 0 Å². The van der Waals surface area contributed by atoms with Crippen LogP contribution in [0.4, 0.5) is 5.69 Å². The Morgan fingerprint density at radius 1 is 1.50 bits per heavy atom. The Balaban J connectivity index is 2.55. The van der Waals surface area contributed by atoms with Gasteiger partial charge >= 0.3 is 0 Å². The lowest BCUT2D eigenvalue weighted by molar-refractivity contribution is 0.0846. The van der Waals surface area contributed by atoms with E-state index in [0.717, 1.165) is 17.8 Å². The van der Waals surface area contributed by atoms with E-state index >= 15 is 0 Å². The molecule has 0 saturated carbocycles. The molecule has 0 bridgehead atoms. The van der Waals surface area contributed by atoms with Crippen LogP contribution in [-0.2, 0) is 11.3 Å². The molecule has 0 aliphatic heterocycles. The highest BCUT2D eigenvalue weighted by Gasteiger charge is 2.06. The van der Waals surface area contributed by atoms with Crippen molar-refractivity contribution < 1.29 is 4.74 Å². The minimum absolute atomic E-state index is 0.274. The van der Waals surface area contributed by atoms with Gasteiger partial charge in [0, 0.05) is 26.3 Å². The van der Waals surface area contributed by atoms with Crippen LogP contribution in [0.15, 0.2) is 18.5 Å². The second-order valence-corrected chi connectivity index (χ2v) is 4.05. The molecule has 1 aromatic rings. The summed E-state index contributed by atoms with van der Waals surface area (Å²) < 4.78 is 5.51. The lowest BCUT2D eigenvalue weighted by Crippen LogP contribution is -2.25. The van der Waals surface area contributed by atoms with Gasteiger partial charge in [-0.1, -0.05) is 0 Å². The van der Waals surface area contributed by atoms with E-state index in [1.165, 1.54) is 0 Å². The Kier molecular flexibility index (Phi) is 5.22. The Bertz CT molecular complexity index is 315. The maximum atomic E-state index is 5.68. The summed E-state index contributed by atoms with van der Waals surface area (Å²) in [5, 5.41) is 0. The molecule has 1 heterocycles. The van der Waals surface area contributed by atoms with Crippen LogP contribution < -0.4 is 10.6 Å². The second kappa shape index (κ2) is 6.45. The quantitative estimate of drug-likeness (QED) is 0.792. The molecule has 0 aliphatic carbocycles. The van der Waals surface area contributed by atoms with Crippen molar-refractivity contribution in [2.24, 2.45) is 5.73 Å². The average molecular weight is 223 g/mol. The fraction of sp³-hybridized carbons (Fsp3) is 0.583. The van der Waals surface area contributed by atoms with Gasteiger partial charge in [-0.15, -0.1) is 0 Å². The number of hydrogen-bond acceptors (Lipinski definition) is 4. The predicted octanol–water partition coefficient (Wildman–Crippen LogP) is 1.40. The largest absolute Gasteiger partial charge is 0.377 e. The third-order valence-electron chi connectivity index (χ3n) is 2.40. The molecule has 1 aromatic heterocycles. The average Bonchev–Trinajstić information content (AvgIpc) is 2.28. The summed E-state index contributed by atoms with van der Waals surface area (Å²) in [5.41, 5.74) is 7.87. The molecular weight excluding hydrogens is 202 g/mol. The number of nitrogens with zero attached hydrogens (tertiary/aromatic N) is 2. The summed E-state index contributed by atoms with van der Waals surface area (Å²) in [4.78, 5) is 6.24. The molecular formula is C12H21N3O. The van der Waals surface area contributed by atoms with Crippen LogP contribution in [0, 0.1) is 0 Å². The smallest absolute Gasteiger partial charge is 0.0644 e. The van der Waals surface area contributed by atoms with Crippen LogP contribution in [-0.4, -0.2) is 31.3 Å². The van der Waals surface area contributed by atoms with Gasteiger partial charge in [-0.25, -0.2) is 0 Å². The summed E-state index contributed by atoms with van der Waals surface area (Å²) in [6, 6.07) is 1.95. The maximum Gasteiger partial charge on any atom is 0.0644 e. The highest BCUT2D eigenvalue weighted by Crippen LogP contribution is 2.16. The van der Waals surface area contributed by atoms with E-state index in [1.807, 2.05) is 33.2 Å².